The molecule has 1 saturated heterocycles. The van der Waals surface area contributed by atoms with Gasteiger partial charge in [0.05, 0.1) is 17.2 Å². The SMILES string of the molecule is O=C(c1cnn(CC2CCCC2)c1)N1CC2CC2(C(F)(F)F)C1. The van der Waals surface area contributed by atoms with E-state index >= 15 is 0 Å². The second kappa shape index (κ2) is 4.98. The molecule has 0 radical (unpaired) electrons. The second-order valence-electron chi connectivity index (χ2n) is 7.34. The van der Waals surface area contributed by atoms with Gasteiger partial charge < -0.3 is 4.90 Å². The Hall–Kier alpha value is -1.53. The number of likely N-dealkylation sites (tertiary alicyclic amines) is 1. The van der Waals surface area contributed by atoms with Crippen LogP contribution in [-0.4, -0.2) is 39.9 Å². The van der Waals surface area contributed by atoms with Crippen LogP contribution in [0.25, 0.3) is 0 Å². The molecular weight excluding hydrogens is 307 g/mol. The third-order valence-corrected chi connectivity index (χ3v) is 5.80. The molecule has 1 aromatic heterocycles. The third kappa shape index (κ3) is 2.44. The highest BCUT2D eigenvalue weighted by atomic mass is 19.4. The van der Waals surface area contributed by atoms with Crippen LogP contribution < -0.4 is 0 Å². The maximum atomic E-state index is 13.1. The summed E-state index contributed by atoms with van der Waals surface area (Å²) < 4.78 is 41.1. The van der Waals surface area contributed by atoms with Crippen LogP contribution in [0.5, 0.6) is 0 Å². The highest BCUT2D eigenvalue weighted by Crippen LogP contribution is 2.66. The molecule has 1 amide bonds. The lowest BCUT2D eigenvalue weighted by Gasteiger charge is -2.22. The summed E-state index contributed by atoms with van der Waals surface area (Å²) in [5.74, 6) is -0.135. The van der Waals surface area contributed by atoms with Gasteiger partial charge in [-0.05, 0) is 31.1 Å². The number of aromatic nitrogens is 2. The smallest absolute Gasteiger partial charge is 0.337 e. The summed E-state index contributed by atoms with van der Waals surface area (Å²) in [7, 11) is 0. The number of nitrogens with zero attached hydrogens (tertiary/aromatic N) is 3. The normalized spacial score (nSPS) is 30.7. The molecule has 126 valence electrons. The summed E-state index contributed by atoms with van der Waals surface area (Å²) in [6, 6.07) is 0. The first-order valence-electron chi connectivity index (χ1n) is 8.27. The number of fused-ring (bicyclic) bond motifs is 1. The van der Waals surface area contributed by atoms with Crippen molar-refractivity contribution < 1.29 is 18.0 Å². The molecule has 1 aliphatic heterocycles. The summed E-state index contributed by atoms with van der Waals surface area (Å²) in [5.41, 5.74) is -1.23. The van der Waals surface area contributed by atoms with Crippen molar-refractivity contribution in [1.82, 2.24) is 14.7 Å². The van der Waals surface area contributed by atoms with Crippen LogP contribution >= 0.6 is 0 Å². The Bertz CT molecular complexity index is 620. The van der Waals surface area contributed by atoms with Crippen molar-refractivity contribution in [1.29, 1.82) is 0 Å². The molecule has 2 aliphatic carbocycles. The minimum atomic E-state index is -4.21. The maximum Gasteiger partial charge on any atom is 0.396 e. The van der Waals surface area contributed by atoms with Gasteiger partial charge in [-0.3, -0.25) is 9.48 Å². The van der Waals surface area contributed by atoms with Crippen molar-refractivity contribution in [3.05, 3.63) is 18.0 Å². The number of alkyl halides is 3. The number of carbonyl (C=O) groups is 1. The summed E-state index contributed by atoms with van der Waals surface area (Å²) in [6.07, 6.45) is 3.99. The van der Waals surface area contributed by atoms with Gasteiger partial charge in [0.25, 0.3) is 5.91 Å². The molecule has 0 N–H and O–H groups in total. The van der Waals surface area contributed by atoms with E-state index in [0.717, 1.165) is 6.54 Å². The van der Waals surface area contributed by atoms with Gasteiger partial charge in [-0.2, -0.15) is 18.3 Å². The monoisotopic (exact) mass is 327 g/mol. The molecule has 2 unspecified atom stereocenters. The molecule has 2 heterocycles. The Morgan fingerprint density at radius 2 is 2.09 bits per heavy atom. The van der Waals surface area contributed by atoms with E-state index in [0.29, 0.717) is 11.5 Å². The van der Waals surface area contributed by atoms with Crippen LogP contribution in [0.1, 0.15) is 42.5 Å². The molecule has 2 atom stereocenters. The van der Waals surface area contributed by atoms with Crippen molar-refractivity contribution in [3.8, 4) is 0 Å². The first-order valence-corrected chi connectivity index (χ1v) is 8.27. The Morgan fingerprint density at radius 1 is 1.35 bits per heavy atom. The fourth-order valence-electron chi connectivity index (χ4n) is 4.29. The quantitative estimate of drug-likeness (QED) is 0.856. The topological polar surface area (TPSA) is 38.1 Å². The molecule has 23 heavy (non-hydrogen) atoms. The average molecular weight is 327 g/mol. The van der Waals surface area contributed by atoms with Gasteiger partial charge >= 0.3 is 6.18 Å². The van der Waals surface area contributed by atoms with Gasteiger partial charge in [0.1, 0.15) is 0 Å². The van der Waals surface area contributed by atoms with E-state index in [2.05, 4.69) is 5.10 Å². The first-order chi connectivity index (χ1) is 10.9. The van der Waals surface area contributed by atoms with E-state index < -0.39 is 17.5 Å². The minimum absolute atomic E-state index is 0.168. The van der Waals surface area contributed by atoms with Crippen molar-refractivity contribution in [2.75, 3.05) is 13.1 Å². The summed E-state index contributed by atoms with van der Waals surface area (Å²) in [4.78, 5) is 13.8. The molecule has 0 spiro atoms. The molecule has 4 nitrogen and oxygen atoms in total. The highest BCUT2D eigenvalue weighted by molar-refractivity contribution is 5.94. The molecule has 3 aliphatic rings. The zero-order chi connectivity index (χ0) is 16.2. The Balaban J connectivity index is 1.41. The third-order valence-electron chi connectivity index (χ3n) is 5.80. The van der Waals surface area contributed by atoms with E-state index in [1.54, 1.807) is 10.9 Å². The van der Waals surface area contributed by atoms with Crippen LogP contribution in [-0.2, 0) is 6.54 Å². The summed E-state index contributed by atoms with van der Waals surface area (Å²) in [5, 5.41) is 4.22. The predicted octanol–water partition coefficient (Wildman–Crippen LogP) is 3.10. The minimum Gasteiger partial charge on any atom is -0.337 e. The van der Waals surface area contributed by atoms with Crippen molar-refractivity contribution in [2.45, 2.75) is 44.8 Å². The number of amides is 1. The molecule has 2 saturated carbocycles. The molecule has 0 bridgehead atoms. The summed E-state index contributed by atoms with van der Waals surface area (Å²) in [6.45, 7) is 0.808. The van der Waals surface area contributed by atoms with E-state index in [4.69, 9.17) is 0 Å². The standard InChI is InChI=1S/C16H20F3N3O/c17-16(18,19)15-5-13(15)9-21(10-15)14(23)12-6-20-22(8-12)7-11-3-1-2-4-11/h6,8,11,13H,1-5,7,9-10H2. The van der Waals surface area contributed by atoms with Gasteiger partial charge in [-0.15, -0.1) is 0 Å². The number of hydrogen-bond acceptors (Lipinski definition) is 2. The lowest BCUT2D eigenvalue weighted by molar-refractivity contribution is -0.187. The Morgan fingerprint density at radius 3 is 2.74 bits per heavy atom. The fraction of sp³-hybridized carbons (Fsp3) is 0.750. The first kappa shape index (κ1) is 15.0. The lowest BCUT2D eigenvalue weighted by Crippen LogP contribution is -2.36. The predicted molar refractivity (Wildman–Crippen MR) is 76.7 cm³/mol. The Kier molecular flexibility index (Phi) is 3.25. The molecule has 7 heteroatoms. The van der Waals surface area contributed by atoms with Crippen LogP contribution in [0, 0.1) is 17.3 Å². The number of carbonyl (C=O) groups excluding carboxylic acids is 1. The van der Waals surface area contributed by atoms with Crippen LogP contribution in [0.3, 0.4) is 0 Å². The number of piperidine rings is 1. The van der Waals surface area contributed by atoms with E-state index in [9.17, 15) is 18.0 Å². The molecule has 1 aromatic rings. The van der Waals surface area contributed by atoms with Gasteiger partial charge in [0.2, 0.25) is 0 Å². The van der Waals surface area contributed by atoms with Crippen LogP contribution in [0.2, 0.25) is 0 Å². The lowest BCUT2D eigenvalue weighted by atomic mass is 10.1. The zero-order valence-corrected chi connectivity index (χ0v) is 12.9. The van der Waals surface area contributed by atoms with Crippen LogP contribution in [0.4, 0.5) is 13.2 Å². The van der Waals surface area contributed by atoms with Gasteiger partial charge in [-0.1, -0.05) is 12.8 Å². The fourth-order valence-corrected chi connectivity index (χ4v) is 4.29. The molecule has 0 aromatic carbocycles. The largest absolute Gasteiger partial charge is 0.396 e. The maximum absolute atomic E-state index is 13.1. The highest BCUT2D eigenvalue weighted by Gasteiger charge is 2.74. The Labute approximate surface area is 132 Å². The van der Waals surface area contributed by atoms with Gasteiger partial charge in [-0.25, -0.2) is 0 Å². The van der Waals surface area contributed by atoms with E-state index in [-0.39, 0.29) is 25.4 Å². The van der Waals surface area contributed by atoms with E-state index in [1.807, 2.05) is 0 Å². The van der Waals surface area contributed by atoms with E-state index in [1.165, 1.54) is 36.8 Å². The van der Waals surface area contributed by atoms with Crippen LogP contribution in [0.15, 0.2) is 12.4 Å². The number of hydrogen-bond donors (Lipinski definition) is 0. The molecule has 3 fully saturated rings. The molecular formula is C16H20F3N3O. The average Bonchev–Trinajstić information content (AvgIpc) is 2.98. The summed E-state index contributed by atoms with van der Waals surface area (Å²) >= 11 is 0. The molecule has 4 rings (SSSR count). The van der Waals surface area contributed by atoms with Crippen molar-refractivity contribution in [3.63, 3.8) is 0 Å². The van der Waals surface area contributed by atoms with Gasteiger partial charge in [0, 0.05) is 25.8 Å². The zero-order valence-electron chi connectivity index (χ0n) is 12.9. The van der Waals surface area contributed by atoms with Gasteiger partial charge in [0.15, 0.2) is 0 Å². The second-order valence-corrected chi connectivity index (χ2v) is 7.34. The van der Waals surface area contributed by atoms with Crippen molar-refractivity contribution in [2.24, 2.45) is 17.3 Å². The van der Waals surface area contributed by atoms with Crippen molar-refractivity contribution >= 4 is 5.91 Å². The number of halogens is 3. The number of rotatable bonds is 3.